The van der Waals surface area contributed by atoms with E-state index in [1.165, 1.54) is 5.56 Å². The topological polar surface area (TPSA) is 67.2 Å². The molecular formula is C21H24N6O. The van der Waals surface area contributed by atoms with Crippen molar-refractivity contribution in [1.29, 1.82) is 0 Å². The van der Waals surface area contributed by atoms with Crippen LogP contribution >= 0.6 is 0 Å². The number of carbonyl (C=O) groups is 1. The van der Waals surface area contributed by atoms with Gasteiger partial charge in [-0.05, 0) is 36.8 Å². The zero-order valence-corrected chi connectivity index (χ0v) is 16.1. The van der Waals surface area contributed by atoms with Gasteiger partial charge in [-0.25, -0.2) is 15.0 Å². The van der Waals surface area contributed by atoms with E-state index in [1.807, 2.05) is 28.6 Å². The first-order valence-electron chi connectivity index (χ1n) is 9.96. The predicted molar refractivity (Wildman–Crippen MR) is 108 cm³/mol. The zero-order chi connectivity index (χ0) is 19.1. The number of hydrogen-bond acceptors (Lipinski definition) is 5. The summed E-state index contributed by atoms with van der Waals surface area (Å²) in [5.74, 6) is 1.60. The second-order valence-corrected chi connectivity index (χ2v) is 7.78. The SMILES string of the molecule is Cn1cnc2c(N3CCC(CC(=O)N4CCc5ccccc54)CC3)ncnc21. The molecule has 0 bridgehead atoms. The van der Waals surface area contributed by atoms with Gasteiger partial charge in [0, 0.05) is 38.8 Å². The Kier molecular flexibility index (Phi) is 4.22. The largest absolute Gasteiger partial charge is 0.355 e. The molecule has 0 radical (unpaired) electrons. The Balaban J connectivity index is 1.23. The van der Waals surface area contributed by atoms with Gasteiger partial charge in [0.2, 0.25) is 5.91 Å². The number of hydrogen-bond donors (Lipinski definition) is 0. The lowest BCUT2D eigenvalue weighted by Crippen LogP contribution is -2.37. The fraction of sp³-hybridized carbons (Fsp3) is 0.429. The van der Waals surface area contributed by atoms with Crippen LogP contribution in [0.25, 0.3) is 11.2 Å². The number of para-hydroxylation sites is 1. The first-order valence-corrected chi connectivity index (χ1v) is 9.96. The van der Waals surface area contributed by atoms with E-state index in [0.29, 0.717) is 12.3 Å². The number of fused-ring (bicyclic) bond motifs is 2. The lowest BCUT2D eigenvalue weighted by molar-refractivity contribution is -0.119. The van der Waals surface area contributed by atoms with Crippen molar-refractivity contribution in [3.63, 3.8) is 0 Å². The molecule has 1 saturated heterocycles. The molecule has 5 rings (SSSR count). The second kappa shape index (κ2) is 6.89. The Bertz CT molecular complexity index is 1020. The van der Waals surface area contributed by atoms with Crippen LogP contribution in [0.3, 0.4) is 0 Å². The third-order valence-corrected chi connectivity index (χ3v) is 6.04. The van der Waals surface area contributed by atoms with Gasteiger partial charge in [0.15, 0.2) is 17.0 Å². The van der Waals surface area contributed by atoms with Crippen LogP contribution < -0.4 is 9.80 Å². The molecule has 2 aromatic heterocycles. The van der Waals surface area contributed by atoms with E-state index in [4.69, 9.17) is 0 Å². The molecule has 28 heavy (non-hydrogen) atoms. The van der Waals surface area contributed by atoms with Crippen molar-refractivity contribution in [2.75, 3.05) is 29.4 Å². The minimum atomic E-state index is 0.262. The molecule has 144 valence electrons. The predicted octanol–water partition coefficient (Wildman–Crippen LogP) is 2.56. The van der Waals surface area contributed by atoms with Crippen molar-refractivity contribution in [1.82, 2.24) is 19.5 Å². The van der Waals surface area contributed by atoms with Gasteiger partial charge >= 0.3 is 0 Å². The number of aromatic nitrogens is 4. The summed E-state index contributed by atoms with van der Waals surface area (Å²) in [6, 6.07) is 8.26. The number of carbonyl (C=O) groups excluding carboxylic acids is 1. The molecule has 7 nitrogen and oxygen atoms in total. The summed E-state index contributed by atoms with van der Waals surface area (Å²) in [5.41, 5.74) is 4.10. The van der Waals surface area contributed by atoms with E-state index in [9.17, 15) is 4.79 Å². The number of aryl methyl sites for hydroxylation is 1. The Hall–Kier alpha value is -2.96. The Labute approximate surface area is 164 Å². The molecule has 4 heterocycles. The maximum atomic E-state index is 12.9. The van der Waals surface area contributed by atoms with Gasteiger partial charge in [-0.2, -0.15) is 0 Å². The quantitative estimate of drug-likeness (QED) is 0.703. The molecule has 1 aromatic carbocycles. The summed E-state index contributed by atoms with van der Waals surface area (Å²) in [5, 5.41) is 0. The van der Waals surface area contributed by atoms with Gasteiger partial charge in [-0.3, -0.25) is 4.79 Å². The Morgan fingerprint density at radius 1 is 1.11 bits per heavy atom. The summed E-state index contributed by atoms with van der Waals surface area (Å²) in [7, 11) is 1.94. The first-order chi connectivity index (χ1) is 13.7. The highest BCUT2D eigenvalue weighted by molar-refractivity contribution is 5.95. The van der Waals surface area contributed by atoms with E-state index < -0.39 is 0 Å². The van der Waals surface area contributed by atoms with Crippen molar-refractivity contribution < 1.29 is 4.79 Å². The first kappa shape index (κ1) is 17.2. The van der Waals surface area contributed by atoms with Crippen LogP contribution in [0, 0.1) is 5.92 Å². The third-order valence-electron chi connectivity index (χ3n) is 6.04. The van der Waals surface area contributed by atoms with E-state index >= 15 is 0 Å². The molecule has 2 aliphatic rings. The Morgan fingerprint density at radius 2 is 1.93 bits per heavy atom. The van der Waals surface area contributed by atoms with Crippen LogP contribution in [0.15, 0.2) is 36.9 Å². The monoisotopic (exact) mass is 376 g/mol. The lowest BCUT2D eigenvalue weighted by Gasteiger charge is -2.33. The van der Waals surface area contributed by atoms with Crippen molar-refractivity contribution in [3.8, 4) is 0 Å². The van der Waals surface area contributed by atoms with Crippen molar-refractivity contribution in [2.24, 2.45) is 13.0 Å². The molecule has 0 spiro atoms. The number of piperidine rings is 1. The van der Waals surface area contributed by atoms with Crippen LogP contribution in [-0.4, -0.2) is 45.1 Å². The van der Waals surface area contributed by atoms with Crippen molar-refractivity contribution in [2.45, 2.75) is 25.7 Å². The van der Waals surface area contributed by atoms with Crippen LogP contribution in [0.1, 0.15) is 24.8 Å². The molecule has 0 saturated carbocycles. The average Bonchev–Trinajstić information content (AvgIpc) is 3.33. The Morgan fingerprint density at radius 3 is 2.79 bits per heavy atom. The van der Waals surface area contributed by atoms with E-state index in [1.54, 1.807) is 12.7 Å². The lowest BCUT2D eigenvalue weighted by atomic mass is 9.93. The summed E-state index contributed by atoms with van der Waals surface area (Å²) < 4.78 is 1.92. The van der Waals surface area contributed by atoms with Crippen LogP contribution in [-0.2, 0) is 18.3 Å². The maximum absolute atomic E-state index is 12.9. The van der Waals surface area contributed by atoms with Crippen LogP contribution in [0.5, 0.6) is 0 Å². The summed E-state index contributed by atoms with van der Waals surface area (Å²) in [4.78, 5) is 30.4. The number of benzene rings is 1. The number of amides is 1. The molecular weight excluding hydrogens is 352 g/mol. The van der Waals surface area contributed by atoms with Gasteiger partial charge < -0.3 is 14.4 Å². The highest BCUT2D eigenvalue weighted by atomic mass is 16.2. The summed E-state index contributed by atoms with van der Waals surface area (Å²) in [6.07, 6.45) is 6.99. The highest BCUT2D eigenvalue weighted by Crippen LogP contribution is 2.31. The van der Waals surface area contributed by atoms with Gasteiger partial charge in [0.1, 0.15) is 6.33 Å². The molecule has 0 aliphatic carbocycles. The fourth-order valence-corrected chi connectivity index (χ4v) is 4.47. The number of imidazole rings is 1. The van der Waals surface area contributed by atoms with Gasteiger partial charge in [0.25, 0.3) is 0 Å². The third kappa shape index (κ3) is 2.91. The number of anilines is 2. The molecule has 0 N–H and O–H groups in total. The minimum absolute atomic E-state index is 0.262. The van der Waals surface area contributed by atoms with Gasteiger partial charge in [-0.15, -0.1) is 0 Å². The minimum Gasteiger partial charge on any atom is -0.355 e. The molecule has 0 atom stereocenters. The standard InChI is InChI=1S/C21H24N6O/c1-25-14-24-19-20(25)22-13-23-21(19)26-9-6-15(7-10-26)12-18(28)27-11-8-16-4-2-3-5-17(16)27/h2-5,13-15H,6-12H2,1H3. The number of nitrogens with zero attached hydrogens (tertiary/aromatic N) is 6. The van der Waals surface area contributed by atoms with E-state index in [2.05, 4.69) is 32.0 Å². The molecule has 3 aromatic rings. The highest BCUT2D eigenvalue weighted by Gasteiger charge is 2.29. The summed E-state index contributed by atoms with van der Waals surface area (Å²) in [6.45, 7) is 2.62. The maximum Gasteiger partial charge on any atom is 0.227 e. The molecule has 2 aliphatic heterocycles. The van der Waals surface area contributed by atoms with Crippen LogP contribution in [0.4, 0.5) is 11.5 Å². The molecule has 7 heteroatoms. The smallest absolute Gasteiger partial charge is 0.227 e. The molecule has 0 unspecified atom stereocenters. The van der Waals surface area contributed by atoms with Crippen LogP contribution in [0.2, 0.25) is 0 Å². The normalized spacial score (nSPS) is 17.3. The molecule has 1 fully saturated rings. The summed E-state index contributed by atoms with van der Waals surface area (Å²) >= 11 is 0. The molecule has 1 amide bonds. The average molecular weight is 376 g/mol. The number of rotatable bonds is 3. The van der Waals surface area contributed by atoms with Crippen molar-refractivity contribution in [3.05, 3.63) is 42.5 Å². The van der Waals surface area contributed by atoms with Crippen molar-refractivity contribution >= 4 is 28.6 Å². The van der Waals surface area contributed by atoms with Gasteiger partial charge in [0.05, 0.1) is 6.33 Å². The van der Waals surface area contributed by atoms with E-state index in [0.717, 1.165) is 61.6 Å². The van der Waals surface area contributed by atoms with Gasteiger partial charge in [-0.1, -0.05) is 18.2 Å². The second-order valence-electron chi connectivity index (χ2n) is 7.78. The zero-order valence-electron chi connectivity index (χ0n) is 16.1. The van der Waals surface area contributed by atoms with E-state index in [-0.39, 0.29) is 5.91 Å². The fourth-order valence-electron chi connectivity index (χ4n) is 4.47.